The molecular formula is C26H34N4O4. The van der Waals surface area contributed by atoms with Gasteiger partial charge in [-0.1, -0.05) is 64.1 Å². The molecule has 0 aliphatic heterocycles. The molecule has 34 heavy (non-hydrogen) atoms. The van der Waals surface area contributed by atoms with Crippen molar-refractivity contribution in [2.45, 2.75) is 47.1 Å². The van der Waals surface area contributed by atoms with Crippen molar-refractivity contribution in [3.63, 3.8) is 0 Å². The Bertz CT molecular complexity index is 1250. The van der Waals surface area contributed by atoms with E-state index in [9.17, 15) is 14.4 Å². The molecule has 3 rings (SSSR count). The van der Waals surface area contributed by atoms with E-state index in [0.717, 1.165) is 16.5 Å². The summed E-state index contributed by atoms with van der Waals surface area (Å²) in [6, 6.07) is 13.8. The zero-order valence-corrected chi connectivity index (χ0v) is 20.3. The van der Waals surface area contributed by atoms with Gasteiger partial charge in [0, 0.05) is 24.9 Å². The van der Waals surface area contributed by atoms with Crippen LogP contribution in [0.15, 0.2) is 52.1 Å². The number of nitrogens with two attached hydrogens (primary N) is 1. The minimum absolute atomic E-state index is 0.0171. The normalized spacial score (nSPS) is 11.4. The maximum absolute atomic E-state index is 13.2. The lowest BCUT2D eigenvalue weighted by Gasteiger charge is -2.26. The minimum atomic E-state index is -0.650. The number of hydrogen-bond acceptors (Lipinski definition) is 5. The smallest absolute Gasteiger partial charge is 0.330 e. The highest BCUT2D eigenvalue weighted by molar-refractivity contribution is 5.95. The van der Waals surface area contributed by atoms with Gasteiger partial charge in [-0.2, -0.15) is 0 Å². The van der Waals surface area contributed by atoms with E-state index in [0.29, 0.717) is 26.1 Å². The number of benzene rings is 2. The molecule has 0 fully saturated rings. The first-order valence-electron chi connectivity index (χ1n) is 11.7. The monoisotopic (exact) mass is 466 g/mol. The predicted octanol–water partition coefficient (Wildman–Crippen LogP) is 3.78. The van der Waals surface area contributed by atoms with Crippen LogP contribution in [0.25, 0.3) is 10.8 Å². The van der Waals surface area contributed by atoms with Crippen molar-refractivity contribution in [3.05, 3.63) is 63.3 Å². The number of nitrogen functional groups attached to an aromatic ring is 1. The van der Waals surface area contributed by atoms with Crippen LogP contribution in [0.5, 0.6) is 5.75 Å². The third-order valence-corrected chi connectivity index (χ3v) is 5.42. The van der Waals surface area contributed by atoms with Crippen LogP contribution in [0.1, 0.15) is 40.5 Å². The predicted molar refractivity (Wildman–Crippen MR) is 136 cm³/mol. The number of carbonyl (C=O) groups is 1. The molecule has 1 heterocycles. The van der Waals surface area contributed by atoms with E-state index in [-0.39, 0.29) is 35.7 Å². The number of ether oxygens (including phenoxy) is 1. The molecule has 8 heteroatoms. The third-order valence-electron chi connectivity index (χ3n) is 5.42. The second-order valence-corrected chi connectivity index (χ2v) is 9.33. The van der Waals surface area contributed by atoms with E-state index < -0.39 is 11.2 Å². The van der Waals surface area contributed by atoms with Gasteiger partial charge in [0.05, 0.1) is 6.61 Å². The fraction of sp³-hybridized carbons (Fsp3) is 0.423. The Morgan fingerprint density at radius 3 is 2.47 bits per heavy atom. The summed E-state index contributed by atoms with van der Waals surface area (Å²) in [5, 5.41) is 2.11. The number of amides is 1. The second kappa shape index (κ2) is 11.0. The molecule has 1 aromatic heterocycles. The summed E-state index contributed by atoms with van der Waals surface area (Å²) in [7, 11) is 0. The molecule has 8 nitrogen and oxygen atoms in total. The van der Waals surface area contributed by atoms with E-state index >= 15 is 0 Å². The summed E-state index contributed by atoms with van der Waals surface area (Å²) < 4.78 is 7.28. The number of fused-ring (bicyclic) bond motifs is 1. The van der Waals surface area contributed by atoms with Crippen LogP contribution in [0.2, 0.25) is 0 Å². The molecule has 0 saturated heterocycles. The maximum atomic E-state index is 13.2. The van der Waals surface area contributed by atoms with Gasteiger partial charge in [-0.15, -0.1) is 0 Å². The largest absolute Gasteiger partial charge is 0.493 e. The highest BCUT2D eigenvalue weighted by atomic mass is 16.5. The van der Waals surface area contributed by atoms with Crippen molar-refractivity contribution in [1.29, 1.82) is 0 Å². The SMILES string of the molecule is CC(C)CN(C(=O)CCCOc1cccc2ccccc12)c1c(N)n(CC(C)C)c(=O)[nH]c1=O. The molecule has 2 aromatic carbocycles. The van der Waals surface area contributed by atoms with Crippen LogP contribution >= 0.6 is 0 Å². The first-order chi connectivity index (χ1) is 16.2. The average Bonchev–Trinajstić information content (AvgIpc) is 2.78. The van der Waals surface area contributed by atoms with Gasteiger partial charge >= 0.3 is 5.69 Å². The van der Waals surface area contributed by atoms with Crippen molar-refractivity contribution in [2.24, 2.45) is 11.8 Å². The van der Waals surface area contributed by atoms with Gasteiger partial charge in [0.2, 0.25) is 5.91 Å². The number of carbonyl (C=O) groups excluding carboxylic acids is 1. The molecule has 0 bridgehead atoms. The Morgan fingerprint density at radius 2 is 1.76 bits per heavy atom. The van der Waals surface area contributed by atoms with Gasteiger partial charge in [0.15, 0.2) is 5.69 Å². The standard InChI is InChI=1S/C26H34N4O4/c1-17(2)15-29(23-24(27)30(16-18(3)4)26(33)28-25(23)32)22(31)13-8-14-34-21-12-7-10-19-9-5-6-11-20(19)21/h5-7,9-12,17-18H,8,13-16,27H2,1-4H3,(H,28,32,33). The summed E-state index contributed by atoms with van der Waals surface area (Å²) >= 11 is 0. The van der Waals surface area contributed by atoms with E-state index in [1.165, 1.54) is 9.47 Å². The first kappa shape index (κ1) is 25.1. The Kier molecular flexibility index (Phi) is 8.15. The zero-order chi connectivity index (χ0) is 24.8. The molecule has 0 radical (unpaired) electrons. The Labute approximate surface area is 199 Å². The van der Waals surface area contributed by atoms with Crippen LogP contribution in [0.4, 0.5) is 11.5 Å². The lowest BCUT2D eigenvalue weighted by atomic mass is 10.1. The number of H-pyrrole nitrogens is 1. The van der Waals surface area contributed by atoms with Gasteiger partial charge in [0.1, 0.15) is 11.6 Å². The lowest BCUT2D eigenvalue weighted by molar-refractivity contribution is -0.119. The van der Waals surface area contributed by atoms with Gasteiger partial charge in [-0.05, 0) is 29.7 Å². The Hall–Kier alpha value is -3.55. The minimum Gasteiger partial charge on any atom is -0.493 e. The fourth-order valence-electron chi connectivity index (χ4n) is 3.93. The van der Waals surface area contributed by atoms with E-state index in [4.69, 9.17) is 10.5 Å². The molecule has 3 aromatic rings. The molecule has 182 valence electrons. The maximum Gasteiger partial charge on any atom is 0.330 e. The summed E-state index contributed by atoms with van der Waals surface area (Å²) in [4.78, 5) is 41.9. The number of hydrogen-bond donors (Lipinski definition) is 2. The zero-order valence-electron chi connectivity index (χ0n) is 20.3. The van der Waals surface area contributed by atoms with Crippen molar-refractivity contribution in [3.8, 4) is 5.75 Å². The topological polar surface area (TPSA) is 110 Å². The number of anilines is 2. The van der Waals surface area contributed by atoms with Gasteiger partial charge < -0.3 is 15.4 Å². The molecule has 0 aliphatic carbocycles. The lowest BCUT2D eigenvalue weighted by Crippen LogP contribution is -2.43. The molecule has 0 aliphatic rings. The molecule has 0 spiro atoms. The Balaban J connectivity index is 1.76. The van der Waals surface area contributed by atoms with E-state index in [2.05, 4.69) is 4.98 Å². The van der Waals surface area contributed by atoms with E-state index in [1.54, 1.807) is 0 Å². The molecule has 0 saturated carbocycles. The quantitative estimate of drug-likeness (QED) is 0.442. The van der Waals surface area contributed by atoms with Crippen molar-refractivity contribution >= 4 is 28.2 Å². The van der Waals surface area contributed by atoms with Gasteiger partial charge in [-0.25, -0.2) is 4.79 Å². The van der Waals surface area contributed by atoms with Crippen LogP contribution < -0.4 is 26.6 Å². The van der Waals surface area contributed by atoms with Crippen LogP contribution in [-0.2, 0) is 11.3 Å². The fourth-order valence-corrected chi connectivity index (χ4v) is 3.93. The number of nitrogens with zero attached hydrogens (tertiary/aromatic N) is 2. The number of aromatic nitrogens is 2. The molecule has 3 N–H and O–H groups in total. The summed E-state index contributed by atoms with van der Waals surface area (Å²) in [6.07, 6.45) is 0.653. The highest BCUT2D eigenvalue weighted by Gasteiger charge is 2.25. The van der Waals surface area contributed by atoms with Crippen molar-refractivity contribution < 1.29 is 9.53 Å². The molecule has 1 amide bonds. The van der Waals surface area contributed by atoms with Crippen LogP contribution in [-0.4, -0.2) is 28.6 Å². The van der Waals surface area contributed by atoms with Gasteiger partial charge in [-0.3, -0.25) is 19.1 Å². The summed E-state index contributed by atoms with van der Waals surface area (Å²) in [5.74, 6) is 0.788. The summed E-state index contributed by atoms with van der Waals surface area (Å²) in [6.45, 7) is 8.82. The average molecular weight is 467 g/mol. The van der Waals surface area contributed by atoms with Crippen molar-refractivity contribution in [2.75, 3.05) is 23.8 Å². The third kappa shape index (κ3) is 5.87. The molecular weight excluding hydrogens is 432 g/mol. The second-order valence-electron chi connectivity index (χ2n) is 9.33. The number of rotatable bonds is 10. The van der Waals surface area contributed by atoms with Crippen LogP contribution in [0, 0.1) is 11.8 Å². The van der Waals surface area contributed by atoms with Gasteiger partial charge in [0.25, 0.3) is 5.56 Å². The van der Waals surface area contributed by atoms with Crippen LogP contribution in [0.3, 0.4) is 0 Å². The highest BCUT2D eigenvalue weighted by Crippen LogP contribution is 2.25. The molecule has 0 atom stereocenters. The first-order valence-corrected chi connectivity index (χ1v) is 11.7. The number of nitrogens with one attached hydrogen (secondary N) is 1. The number of aromatic amines is 1. The van der Waals surface area contributed by atoms with Crippen molar-refractivity contribution in [1.82, 2.24) is 9.55 Å². The summed E-state index contributed by atoms with van der Waals surface area (Å²) in [5.41, 5.74) is 5.07. The Morgan fingerprint density at radius 1 is 1.06 bits per heavy atom. The van der Waals surface area contributed by atoms with E-state index in [1.807, 2.05) is 70.2 Å². The molecule has 0 unspecified atom stereocenters.